The van der Waals surface area contributed by atoms with Crippen molar-refractivity contribution < 1.29 is 9.21 Å². The highest BCUT2D eigenvalue weighted by atomic mass is 35.5. The molecule has 0 unspecified atom stereocenters. The van der Waals surface area contributed by atoms with Gasteiger partial charge in [-0.15, -0.1) is 12.4 Å². The van der Waals surface area contributed by atoms with Crippen LogP contribution < -0.4 is 15.5 Å². The van der Waals surface area contributed by atoms with Gasteiger partial charge in [0.15, 0.2) is 0 Å². The first-order chi connectivity index (χ1) is 17.7. The fourth-order valence-electron chi connectivity index (χ4n) is 4.56. The first-order valence-corrected chi connectivity index (χ1v) is 12.0. The molecule has 0 atom stereocenters. The Bertz CT molecular complexity index is 1510. The first-order valence-electron chi connectivity index (χ1n) is 12.0. The van der Waals surface area contributed by atoms with Crippen LogP contribution in [0.4, 0.5) is 11.4 Å². The number of oxazole rings is 1. The summed E-state index contributed by atoms with van der Waals surface area (Å²) in [5.74, 6) is 0.277. The second kappa shape index (κ2) is 10.5. The number of fused-ring (bicyclic) bond motifs is 1. The Hall–Kier alpha value is -4.14. The fourth-order valence-corrected chi connectivity index (χ4v) is 4.56. The second-order valence-corrected chi connectivity index (χ2v) is 8.86. The quantitative estimate of drug-likeness (QED) is 0.341. The van der Waals surface area contributed by atoms with E-state index in [0.717, 1.165) is 54.2 Å². The number of pyridine rings is 1. The van der Waals surface area contributed by atoms with Crippen molar-refractivity contribution in [3.05, 3.63) is 90.7 Å². The molecule has 37 heavy (non-hydrogen) atoms. The molecule has 1 fully saturated rings. The molecular formula is C28H27ClN6O2. The van der Waals surface area contributed by atoms with E-state index in [1.165, 1.54) is 12.0 Å². The minimum Gasteiger partial charge on any atom is -0.445 e. The van der Waals surface area contributed by atoms with Crippen LogP contribution in [-0.2, 0) is 0 Å². The number of nitrogens with zero attached hydrogens (tertiary/aromatic N) is 4. The number of amides is 1. The molecule has 0 spiro atoms. The molecule has 0 saturated carbocycles. The van der Waals surface area contributed by atoms with Crippen molar-refractivity contribution in [1.82, 2.24) is 19.7 Å². The molecule has 5 aromatic rings. The van der Waals surface area contributed by atoms with Gasteiger partial charge >= 0.3 is 0 Å². The van der Waals surface area contributed by atoms with Crippen LogP contribution in [0, 0.1) is 6.92 Å². The third kappa shape index (κ3) is 4.94. The van der Waals surface area contributed by atoms with Crippen molar-refractivity contribution in [2.75, 3.05) is 36.4 Å². The molecular weight excluding hydrogens is 488 g/mol. The molecule has 6 rings (SSSR count). The third-order valence-corrected chi connectivity index (χ3v) is 6.53. The Kier molecular flexibility index (Phi) is 6.94. The average Bonchev–Trinajstić information content (AvgIpc) is 3.62. The molecule has 188 valence electrons. The van der Waals surface area contributed by atoms with E-state index in [0.29, 0.717) is 17.3 Å². The number of piperazine rings is 1. The van der Waals surface area contributed by atoms with E-state index in [4.69, 9.17) is 9.40 Å². The summed E-state index contributed by atoms with van der Waals surface area (Å²) >= 11 is 0. The van der Waals surface area contributed by atoms with E-state index in [9.17, 15) is 4.79 Å². The smallest absolute Gasteiger partial charge is 0.275 e. The molecule has 4 heterocycles. The number of nitrogens with one attached hydrogen (secondary N) is 2. The Morgan fingerprint density at radius 1 is 0.973 bits per heavy atom. The Balaban J connectivity index is 0.00000280. The van der Waals surface area contributed by atoms with E-state index < -0.39 is 0 Å². The van der Waals surface area contributed by atoms with E-state index >= 15 is 0 Å². The van der Waals surface area contributed by atoms with Gasteiger partial charge in [0.1, 0.15) is 17.6 Å². The van der Waals surface area contributed by atoms with Gasteiger partial charge in [0, 0.05) is 60.6 Å². The summed E-state index contributed by atoms with van der Waals surface area (Å²) in [5.41, 5.74) is 6.92. The molecule has 2 N–H and O–H groups in total. The zero-order valence-corrected chi connectivity index (χ0v) is 21.2. The van der Waals surface area contributed by atoms with Gasteiger partial charge in [-0.2, -0.15) is 0 Å². The number of carbonyl (C=O) groups excluding carboxylic acids is 1. The van der Waals surface area contributed by atoms with Gasteiger partial charge < -0.3 is 24.4 Å². The van der Waals surface area contributed by atoms with Gasteiger partial charge in [0.25, 0.3) is 5.91 Å². The van der Waals surface area contributed by atoms with Gasteiger partial charge in [-0.05, 0) is 61.0 Å². The van der Waals surface area contributed by atoms with Crippen LogP contribution in [0.5, 0.6) is 0 Å². The molecule has 1 amide bonds. The van der Waals surface area contributed by atoms with Crippen LogP contribution in [0.15, 0.2) is 83.7 Å². The second-order valence-electron chi connectivity index (χ2n) is 8.86. The summed E-state index contributed by atoms with van der Waals surface area (Å²) in [7, 11) is 0. The average molecular weight is 515 g/mol. The number of aromatic nitrogens is 3. The lowest BCUT2D eigenvalue weighted by molar-refractivity contribution is 0.102. The maximum Gasteiger partial charge on any atom is 0.275 e. The Labute approximate surface area is 220 Å². The molecule has 3 aromatic heterocycles. The highest BCUT2D eigenvalue weighted by Crippen LogP contribution is 2.28. The number of imidazole rings is 1. The SMILES string of the molecule is Cc1ccc(-c2ccc(N3CCNCC3)cc2)c2nc(C(=O)Nc3ccc(-c4ncco4)cc3)cn12.Cl. The number of aryl methyl sites for hydroxylation is 1. The van der Waals surface area contributed by atoms with E-state index in [-0.39, 0.29) is 18.3 Å². The summed E-state index contributed by atoms with van der Waals surface area (Å²) in [4.78, 5) is 24.3. The highest BCUT2D eigenvalue weighted by molar-refractivity contribution is 6.03. The summed E-state index contributed by atoms with van der Waals surface area (Å²) in [5, 5.41) is 6.33. The molecule has 0 aliphatic carbocycles. The van der Waals surface area contributed by atoms with Crippen LogP contribution >= 0.6 is 12.4 Å². The van der Waals surface area contributed by atoms with Crippen LogP contribution in [0.25, 0.3) is 28.2 Å². The minimum absolute atomic E-state index is 0. The standard InChI is InChI=1S/C28H26N6O2.ClH/c1-19-2-11-24(20-5-9-23(10-6-20)33-15-12-29-13-16-33)26-32-25(18-34(19)26)27(35)31-22-7-3-21(4-8-22)28-30-14-17-36-28;/h2-11,14,17-18,29H,12-13,15-16H2,1H3,(H,31,35);1H. The topological polar surface area (TPSA) is 87.7 Å². The normalized spacial score (nSPS) is 13.4. The molecule has 0 bridgehead atoms. The maximum atomic E-state index is 13.0. The largest absolute Gasteiger partial charge is 0.445 e. The molecule has 0 radical (unpaired) electrons. The maximum absolute atomic E-state index is 13.0. The van der Waals surface area contributed by atoms with E-state index in [2.05, 4.69) is 56.9 Å². The molecule has 8 nitrogen and oxygen atoms in total. The van der Waals surface area contributed by atoms with Crippen LogP contribution in [0.3, 0.4) is 0 Å². The zero-order chi connectivity index (χ0) is 24.5. The predicted molar refractivity (Wildman–Crippen MR) is 148 cm³/mol. The lowest BCUT2D eigenvalue weighted by atomic mass is 10.1. The lowest BCUT2D eigenvalue weighted by Gasteiger charge is -2.29. The molecule has 9 heteroatoms. The summed E-state index contributed by atoms with van der Waals surface area (Å²) in [6.45, 7) is 6.04. The monoisotopic (exact) mass is 514 g/mol. The fraction of sp³-hybridized carbons (Fsp3) is 0.179. The van der Waals surface area contributed by atoms with Crippen molar-refractivity contribution in [2.24, 2.45) is 0 Å². The molecule has 1 aliphatic rings. The highest BCUT2D eigenvalue weighted by Gasteiger charge is 2.16. The Morgan fingerprint density at radius 2 is 1.70 bits per heavy atom. The van der Waals surface area contributed by atoms with Crippen molar-refractivity contribution in [3.63, 3.8) is 0 Å². The molecule has 1 saturated heterocycles. The van der Waals surface area contributed by atoms with Crippen LogP contribution in [0.2, 0.25) is 0 Å². The number of carbonyl (C=O) groups is 1. The van der Waals surface area contributed by atoms with Gasteiger partial charge in [-0.3, -0.25) is 4.79 Å². The third-order valence-electron chi connectivity index (χ3n) is 6.53. The van der Waals surface area contributed by atoms with Gasteiger partial charge in [-0.25, -0.2) is 9.97 Å². The minimum atomic E-state index is -0.262. The molecule has 1 aliphatic heterocycles. The number of anilines is 2. The molecule has 2 aromatic carbocycles. The summed E-state index contributed by atoms with van der Waals surface area (Å²) < 4.78 is 7.30. The van der Waals surface area contributed by atoms with Crippen LogP contribution in [-0.4, -0.2) is 46.5 Å². The van der Waals surface area contributed by atoms with Crippen molar-refractivity contribution >= 4 is 35.3 Å². The first kappa shape index (κ1) is 24.5. The number of rotatable bonds is 5. The van der Waals surface area contributed by atoms with Crippen LogP contribution in [0.1, 0.15) is 16.2 Å². The number of benzene rings is 2. The summed E-state index contributed by atoms with van der Waals surface area (Å²) in [6, 6.07) is 20.1. The number of halogens is 1. The van der Waals surface area contributed by atoms with Gasteiger partial charge in [0.2, 0.25) is 5.89 Å². The lowest BCUT2D eigenvalue weighted by Crippen LogP contribution is -2.43. The van der Waals surface area contributed by atoms with Crippen molar-refractivity contribution in [3.8, 4) is 22.6 Å². The van der Waals surface area contributed by atoms with Gasteiger partial charge in [-0.1, -0.05) is 12.1 Å². The zero-order valence-electron chi connectivity index (χ0n) is 20.3. The number of hydrogen-bond acceptors (Lipinski definition) is 6. The van der Waals surface area contributed by atoms with Crippen molar-refractivity contribution in [2.45, 2.75) is 6.92 Å². The summed E-state index contributed by atoms with van der Waals surface area (Å²) in [6.07, 6.45) is 4.93. The van der Waals surface area contributed by atoms with E-state index in [1.54, 1.807) is 12.4 Å². The van der Waals surface area contributed by atoms with E-state index in [1.807, 2.05) is 35.6 Å². The Morgan fingerprint density at radius 3 is 2.41 bits per heavy atom. The van der Waals surface area contributed by atoms with Gasteiger partial charge in [0.05, 0.1) is 6.20 Å². The van der Waals surface area contributed by atoms with Crippen molar-refractivity contribution in [1.29, 1.82) is 0 Å². The number of hydrogen-bond donors (Lipinski definition) is 2. The predicted octanol–water partition coefficient (Wildman–Crippen LogP) is 5.05.